The first-order valence-corrected chi connectivity index (χ1v) is 9.43. The molecule has 8 heteroatoms. The van der Waals surface area contributed by atoms with Gasteiger partial charge in [0.15, 0.2) is 0 Å². The largest absolute Gasteiger partial charge is 0.368 e. The van der Waals surface area contributed by atoms with Crippen molar-refractivity contribution >= 4 is 29.3 Å². The Hall–Kier alpha value is -2.61. The highest BCUT2D eigenvalue weighted by Gasteiger charge is 2.21. The molecule has 2 N–H and O–H groups in total. The Morgan fingerprint density at radius 3 is 2.26 bits per heavy atom. The van der Waals surface area contributed by atoms with Crippen molar-refractivity contribution in [3.05, 3.63) is 59.7 Å². The monoisotopic (exact) mass is 391 g/mol. The first-order valence-electron chi connectivity index (χ1n) is 8.44. The maximum Gasteiger partial charge on any atom is 0.248 e. The topological polar surface area (TPSA) is 66.6 Å². The fraction of sp³-hybridized carbons (Fsp3) is 0.263. The predicted molar refractivity (Wildman–Crippen MR) is 101 cm³/mol. The Bertz CT molecular complexity index is 837. The van der Waals surface area contributed by atoms with Crippen molar-refractivity contribution in [2.75, 3.05) is 36.8 Å². The fourth-order valence-electron chi connectivity index (χ4n) is 2.87. The number of hydrogen-bond acceptors (Lipinski definition) is 4. The van der Waals surface area contributed by atoms with Crippen LogP contribution < -0.4 is 10.6 Å². The minimum absolute atomic E-state index is 0.0764. The number of carbonyl (C=O) groups is 2. The average Bonchev–Trinajstić information content (AvgIpc) is 2.67. The van der Waals surface area contributed by atoms with Gasteiger partial charge in [0.2, 0.25) is 11.8 Å². The number of carbonyl (C=O) groups excluding carboxylic acids is 2. The Morgan fingerprint density at radius 1 is 1.00 bits per heavy atom. The lowest BCUT2D eigenvalue weighted by Gasteiger charge is -2.36. The second-order valence-corrected chi connectivity index (χ2v) is 7.16. The molecule has 0 spiro atoms. The quantitative estimate of drug-likeness (QED) is 0.796. The molecule has 3 rings (SSSR count). The zero-order chi connectivity index (χ0) is 19.4. The van der Waals surface area contributed by atoms with Crippen LogP contribution in [-0.2, 0) is 4.79 Å². The van der Waals surface area contributed by atoms with Gasteiger partial charge in [-0.1, -0.05) is 0 Å². The number of halogens is 2. The van der Waals surface area contributed by atoms with Gasteiger partial charge in [0, 0.05) is 48.4 Å². The van der Waals surface area contributed by atoms with E-state index in [-0.39, 0.29) is 16.6 Å². The van der Waals surface area contributed by atoms with Crippen LogP contribution in [-0.4, -0.2) is 48.6 Å². The van der Waals surface area contributed by atoms with Crippen LogP contribution in [0, 0.1) is 11.6 Å². The van der Waals surface area contributed by atoms with Gasteiger partial charge in [-0.25, -0.2) is 8.78 Å². The number of amides is 2. The van der Waals surface area contributed by atoms with E-state index in [0.29, 0.717) is 31.7 Å². The van der Waals surface area contributed by atoms with Crippen LogP contribution in [0.2, 0.25) is 0 Å². The normalized spacial score (nSPS) is 14.3. The average molecular weight is 391 g/mol. The number of nitrogens with zero attached hydrogens (tertiary/aromatic N) is 2. The predicted octanol–water partition coefficient (Wildman–Crippen LogP) is 2.50. The second kappa shape index (κ2) is 8.39. The van der Waals surface area contributed by atoms with E-state index in [0.717, 1.165) is 23.5 Å². The third-order valence-corrected chi connectivity index (χ3v) is 5.43. The molecule has 0 saturated carbocycles. The molecule has 2 amide bonds. The lowest BCUT2D eigenvalue weighted by Crippen LogP contribution is -2.49. The van der Waals surface area contributed by atoms with Gasteiger partial charge in [0.05, 0.1) is 5.75 Å². The van der Waals surface area contributed by atoms with Crippen molar-refractivity contribution in [2.24, 2.45) is 5.73 Å². The van der Waals surface area contributed by atoms with E-state index in [1.54, 1.807) is 17.0 Å². The molecule has 2 aromatic rings. The van der Waals surface area contributed by atoms with Crippen molar-refractivity contribution in [1.82, 2.24) is 4.90 Å². The molecule has 1 aliphatic rings. The molecule has 0 aromatic heterocycles. The van der Waals surface area contributed by atoms with Gasteiger partial charge in [0.1, 0.15) is 11.6 Å². The van der Waals surface area contributed by atoms with E-state index in [1.165, 1.54) is 12.1 Å². The smallest absolute Gasteiger partial charge is 0.248 e. The highest BCUT2D eigenvalue weighted by atomic mass is 32.2. The first-order chi connectivity index (χ1) is 12.9. The third kappa shape index (κ3) is 4.77. The van der Waals surface area contributed by atoms with E-state index >= 15 is 0 Å². The van der Waals surface area contributed by atoms with Crippen LogP contribution in [0.15, 0.2) is 47.4 Å². The van der Waals surface area contributed by atoms with Gasteiger partial charge in [-0.2, -0.15) is 0 Å². The lowest BCUT2D eigenvalue weighted by molar-refractivity contribution is -0.128. The number of thioether (sulfide) groups is 1. The molecule has 142 valence electrons. The van der Waals surface area contributed by atoms with E-state index < -0.39 is 17.5 Å². The summed E-state index contributed by atoms with van der Waals surface area (Å²) in [4.78, 5) is 27.6. The van der Waals surface area contributed by atoms with E-state index in [2.05, 4.69) is 4.90 Å². The molecule has 1 saturated heterocycles. The summed E-state index contributed by atoms with van der Waals surface area (Å²) in [5.41, 5.74) is 6.66. The van der Waals surface area contributed by atoms with Crippen molar-refractivity contribution in [3.8, 4) is 0 Å². The minimum atomic E-state index is -0.656. The van der Waals surface area contributed by atoms with Crippen LogP contribution in [0.3, 0.4) is 0 Å². The van der Waals surface area contributed by atoms with Crippen LogP contribution in [0.25, 0.3) is 0 Å². The number of primary amides is 1. The fourth-order valence-corrected chi connectivity index (χ4v) is 3.70. The summed E-state index contributed by atoms with van der Waals surface area (Å²) in [5, 5.41) is 0. The minimum Gasteiger partial charge on any atom is -0.368 e. The Labute approximate surface area is 160 Å². The Balaban J connectivity index is 1.51. The van der Waals surface area contributed by atoms with E-state index in [4.69, 9.17) is 5.73 Å². The van der Waals surface area contributed by atoms with Gasteiger partial charge in [-0.05, 0) is 36.4 Å². The molecule has 0 unspecified atom stereocenters. The van der Waals surface area contributed by atoms with Crippen molar-refractivity contribution < 1.29 is 18.4 Å². The summed E-state index contributed by atoms with van der Waals surface area (Å²) < 4.78 is 26.6. The maximum atomic E-state index is 13.6. The van der Waals surface area contributed by atoms with Gasteiger partial charge >= 0.3 is 0 Å². The Kier molecular flexibility index (Phi) is 5.95. The van der Waals surface area contributed by atoms with Crippen LogP contribution in [0.5, 0.6) is 0 Å². The number of anilines is 1. The number of hydrogen-bond donors (Lipinski definition) is 1. The molecule has 2 aromatic carbocycles. The molecular weight excluding hydrogens is 372 g/mol. The van der Waals surface area contributed by atoms with E-state index in [9.17, 15) is 18.4 Å². The van der Waals surface area contributed by atoms with Crippen LogP contribution >= 0.6 is 11.8 Å². The van der Waals surface area contributed by atoms with Gasteiger partial charge in [0.25, 0.3) is 0 Å². The highest BCUT2D eigenvalue weighted by Crippen LogP contribution is 2.23. The van der Waals surface area contributed by atoms with Crippen LogP contribution in [0.1, 0.15) is 10.4 Å². The van der Waals surface area contributed by atoms with Gasteiger partial charge in [-0.15, -0.1) is 11.8 Å². The summed E-state index contributed by atoms with van der Waals surface area (Å²) >= 11 is 1.07. The zero-order valence-corrected chi connectivity index (χ0v) is 15.3. The van der Waals surface area contributed by atoms with Crippen molar-refractivity contribution in [3.63, 3.8) is 0 Å². The number of piperazine rings is 1. The first kappa shape index (κ1) is 19.2. The Morgan fingerprint density at radius 2 is 1.67 bits per heavy atom. The standard InChI is InChI=1S/C19H19F2N3O2S/c20-14-3-6-17(16(21)11-14)27-12-18(25)24-9-7-23(8-10-24)15-4-1-13(2-5-15)19(22)26/h1-6,11H,7-10,12H2,(H2,22,26). The number of nitrogens with two attached hydrogens (primary N) is 1. The summed E-state index contributed by atoms with van der Waals surface area (Å²) in [6, 6.07) is 10.4. The van der Waals surface area contributed by atoms with Crippen molar-refractivity contribution in [1.29, 1.82) is 0 Å². The molecule has 5 nitrogen and oxygen atoms in total. The zero-order valence-electron chi connectivity index (χ0n) is 14.5. The molecule has 1 fully saturated rings. The molecule has 1 aliphatic heterocycles. The van der Waals surface area contributed by atoms with Gasteiger partial charge in [-0.3, -0.25) is 9.59 Å². The molecule has 0 aliphatic carbocycles. The summed E-state index contributed by atoms with van der Waals surface area (Å²) in [5.74, 6) is -1.73. The molecule has 0 radical (unpaired) electrons. The number of benzene rings is 2. The highest BCUT2D eigenvalue weighted by molar-refractivity contribution is 8.00. The summed E-state index contributed by atoms with van der Waals surface area (Å²) in [6.07, 6.45) is 0. The molecule has 1 heterocycles. The molecular formula is C19H19F2N3O2S. The maximum absolute atomic E-state index is 13.6. The summed E-state index contributed by atoms with van der Waals surface area (Å²) in [7, 11) is 0. The molecule has 27 heavy (non-hydrogen) atoms. The number of rotatable bonds is 5. The van der Waals surface area contributed by atoms with E-state index in [1.807, 2.05) is 12.1 Å². The lowest BCUT2D eigenvalue weighted by atomic mass is 10.1. The third-order valence-electron chi connectivity index (χ3n) is 4.39. The summed E-state index contributed by atoms with van der Waals surface area (Å²) in [6.45, 7) is 2.44. The molecule has 0 bridgehead atoms. The van der Waals surface area contributed by atoms with Crippen molar-refractivity contribution in [2.45, 2.75) is 4.90 Å². The van der Waals surface area contributed by atoms with Gasteiger partial charge < -0.3 is 15.5 Å². The molecule has 0 atom stereocenters. The van der Waals surface area contributed by atoms with Crippen LogP contribution in [0.4, 0.5) is 14.5 Å². The second-order valence-electron chi connectivity index (χ2n) is 6.14. The SMILES string of the molecule is NC(=O)c1ccc(N2CCN(C(=O)CSc3ccc(F)cc3F)CC2)cc1.